The molecule has 2 aliphatic carbocycles. The number of nitrogens with one attached hydrogen (secondary N) is 1. The third-order valence-electron chi connectivity index (χ3n) is 5.85. The predicted octanol–water partition coefficient (Wildman–Crippen LogP) is 2.12. The molecule has 2 saturated carbocycles. The van der Waals surface area contributed by atoms with Gasteiger partial charge in [0, 0.05) is 13.1 Å². The zero-order chi connectivity index (χ0) is 16.1. The fourth-order valence-electron chi connectivity index (χ4n) is 4.65. The number of rotatable bonds is 3. The highest BCUT2D eigenvalue weighted by Gasteiger charge is 2.49. The van der Waals surface area contributed by atoms with Crippen molar-refractivity contribution in [3.05, 3.63) is 30.1 Å². The second kappa shape index (κ2) is 5.34. The number of imidazole rings is 1. The van der Waals surface area contributed by atoms with Gasteiger partial charge in [-0.3, -0.25) is 4.79 Å². The van der Waals surface area contributed by atoms with Crippen LogP contribution in [0.15, 0.2) is 24.3 Å². The number of hydrogen-bond acceptors (Lipinski definition) is 3. The van der Waals surface area contributed by atoms with Crippen LogP contribution in [-0.4, -0.2) is 21.5 Å². The molecule has 5 nitrogen and oxygen atoms in total. The smallest absolute Gasteiger partial charge is 0.225 e. The molecule has 0 spiro atoms. The van der Waals surface area contributed by atoms with E-state index in [1.807, 2.05) is 38.2 Å². The van der Waals surface area contributed by atoms with Crippen molar-refractivity contribution in [1.82, 2.24) is 14.9 Å². The molecule has 1 heterocycles. The highest BCUT2D eigenvalue weighted by Crippen LogP contribution is 2.47. The molecule has 0 aliphatic heterocycles. The number of nitrogens with zero attached hydrogens (tertiary/aromatic N) is 2. The van der Waals surface area contributed by atoms with Crippen LogP contribution in [0.4, 0.5) is 0 Å². The van der Waals surface area contributed by atoms with E-state index in [9.17, 15) is 4.79 Å². The lowest BCUT2D eigenvalue weighted by atomic mass is 9.84. The van der Waals surface area contributed by atoms with E-state index in [0.29, 0.717) is 11.8 Å². The van der Waals surface area contributed by atoms with Crippen LogP contribution in [0.5, 0.6) is 0 Å². The van der Waals surface area contributed by atoms with E-state index in [1.165, 1.54) is 6.42 Å². The number of carbonyl (C=O) groups is 1. The normalized spacial score (nSPS) is 30.7. The summed E-state index contributed by atoms with van der Waals surface area (Å²) in [5.74, 6) is 1.98. The van der Waals surface area contributed by atoms with E-state index >= 15 is 0 Å². The van der Waals surface area contributed by atoms with Crippen molar-refractivity contribution >= 4 is 16.9 Å². The number of para-hydroxylation sites is 2. The highest BCUT2D eigenvalue weighted by molar-refractivity contribution is 5.81. The maximum absolute atomic E-state index is 12.7. The fraction of sp³-hybridized carbons (Fsp3) is 0.556. The Kier molecular flexibility index (Phi) is 3.41. The average Bonchev–Trinajstić information content (AvgIpc) is 3.21. The summed E-state index contributed by atoms with van der Waals surface area (Å²) in [4.78, 5) is 17.4. The van der Waals surface area contributed by atoms with Crippen molar-refractivity contribution in [2.75, 3.05) is 0 Å². The molecule has 122 valence electrons. The first-order chi connectivity index (χ1) is 11.1. The van der Waals surface area contributed by atoms with E-state index in [2.05, 4.69) is 14.9 Å². The van der Waals surface area contributed by atoms with Crippen LogP contribution >= 0.6 is 0 Å². The first-order valence-electron chi connectivity index (χ1n) is 8.53. The zero-order valence-electron chi connectivity index (χ0n) is 13.7. The molecule has 4 rings (SSSR count). The molecule has 3 N–H and O–H groups in total. The van der Waals surface area contributed by atoms with Crippen LogP contribution in [0.3, 0.4) is 0 Å². The Morgan fingerprint density at radius 2 is 2.09 bits per heavy atom. The molecular formula is C18H24N4O. The van der Waals surface area contributed by atoms with Crippen LogP contribution in [0.25, 0.3) is 11.0 Å². The Bertz CT molecular complexity index is 751. The Morgan fingerprint density at radius 1 is 1.35 bits per heavy atom. The number of nitrogens with two attached hydrogens (primary N) is 1. The van der Waals surface area contributed by atoms with Crippen molar-refractivity contribution in [3.8, 4) is 0 Å². The zero-order valence-corrected chi connectivity index (χ0v) is 13.7. The Labute approximate surface area is 136 Å². The van der Waals surface area contributed by atoms with E-state index in [0.717, 1.165) is 29.7 Å². The summed E-state index contributed by atoms with van der Waals surface area (Å²) in [7, 11) is 2.00. The van der Waals surface area contributed by atoms with Gasteiger partial charge in [0.05, 0.1) is 23.0 Å². The number of aryl methyl sites for hydroxylation is 1. The Hall–Kier alpha value is -1.88. The van der Waals surface area contributed by atoms with Crippen molar-refractivity contribution in [2.24, 2.45) is 30.5 Å². The molecule has 2 fully saturated rings. The minimum absolute atomic E-state index is 0.0223. The minimum Gasteiger partial charge on any atom is -0.346 e. The first-order valence-corrected chi connectivity index (χ1v) is 8.53. The number of fused-ring (bicyclic) bond motifs is 3. The molecule has 0 saturated heterocycles. The molecule has 2 bridgehead atoms. The van der Waals surface area contributed by atoms with Gasteiger partial charge in [-0.2, -0.15) is 0 Å². The summed E-state index contributed by atoms with van der Waals surface area (Å²) in [5.41, 5.74) is 8.33. The van der Waals surface area contributed by atoms with Gasteiger partial charge in [0.2, 0.25) is 5.91 Å². The van der Waals surface area contributed by atoms with Gasteiger partial charge in [-0.05, 0) is 50.2 Å². The van der Waals surface area contributed by atoms with E-state index in [1.54, 1.807) is 0 Å². The van der Waals surface area contributed by atoms with Crippen molar-refractivity contribution in [3.63, 3.8) is 0 Å². The molecule has 2 aliphatic rings. The number of hydrogen-bond donors (Lipinski definition) is 2. The van der Waals surface area contributed by atoms with Crippen molar-refractivity contribution < 1.29 is 4.79 Å². The van der Waals surface area contributed by atoms with Crippen LogP contribution in [0.2, 0.25) is 0 Å². The predicted molar refractivity (Wildman–Crippen MR) is 89.6 cm³/mol. The summed E-state index contributed by atoms with van der Waals surface area (Å²) in [5, 5.41) is 3.15. The summed E-state index contributed by atoms with van der Waals surface area (Å²) in [6.07, 6.45) is 3.47. The monoisotopic (exact) mass is 312 g/mol. The number of amides is 1. The highest BCUT2D eigenvalue weighted by atomic mass is 16.2. The number of carbonyl (C=O) groups excluding carboxylic acids is 1. The lowest BCUT2D eigenvalue weighted by Crippen LogP contribution is -2.46. The van der Waals surface area contributed by atoms with Gasteiger partial charge in [-0.15, -0.1) is 0 Å². The largest absolute Gasteiger partial charge is 0.346 e. The fourth-order valence-corrected chi connectivity index (χ4v) is 4.65. The second-order valence-corrected chi connectivity index (χ2v) is 7.18. The third kappa shape index (κ3) is 2.26. The van der Waals surface area contributed by atoms with E-state index in [4.69, 9.17) is 5.73 Å². The van der Waals surface area contributed by atoms with Gasteiger partial charge < -0.3 is 15.6 Å². The molecule has 5 heteroatoms. The van der Waals surface area contributed by atoms with Gasteiger partial charge in [0.1, 0.15) is 5.82 Å². The first kappa shape index (κ1) is 14.7. The molecule has 0 radical (unpaired) electrons. The summed E-state index contributed by atoms with van der Waals surface area (Å²) in [6, 6.07) is 7.94. The Balaban J connectivity index is 1.54. The molecule has 2 aromatic rings. The van der Waals surface area contributed by atoms with Gasteiger partial charge in [0.25, 0.3) is 0 Å². The SMILES string of the molecule is CC(NC(=O)C1C2CCC(C2)C1N)c1nc2ccccc2n1C. The van der Waals surface area contributed by atoms with Crippen LogP contribution in [0.1, 0.15) is 38.1 Å². The summed E-state index contributed by atoms with van der Waals surface area (Å²) >= 11 is 0. The molecule has 5 atom stereocenters. The average molecular weight is 312 g/mol. The molecule has 1 aromatic heterocycles. The number of benzene rings is 1. The standard InChI is InChI=1S/C18H24N4O/c1-10(17-21-13-5-3-4-6-14(13)22(17)2)20-18(23)15-11-7-8-12(9-11)16(15)19/h3-6,10-12,15-16H,7-9,19H2,1-2H3,(H,20,23). The molecule has 23 heavy (non-hydrogen) atoms. The maximum atomic E-state index is 12.7. The topological polar surface area (TPSA) is 72.9 Å². The number of aromatic nitrogens is 2. The summed E-state index contributed by atoms with van der Waals surface area (Å²) in [6.45, 7) is 2.00. The second-order valence-electron chi connectivity index (χ2n) is 7.18. The lowest BCUT2D eigenvalue weighted by Gasteiger charge is -2.28. The maximum Gasteiger partial charge on any atom is 0.225 e. The van der Waals surface area contributed by atoms with Gasteiger partial charge in [-0.1, -0.05) is 12.1 Å². The molecule has 1 amide bonds. The van der Waals surface area contributed by atoms with Crippen LogP contribution in [-0.2, 0) is 11.8 Å². The quantitative estimate of drug-likeness (QED) is 0.912. The molecule has 1 aromatic carbocycles. The molecular weight excluding hydrogens is 288 g/mol. The third-order valence-corrected chi connectivity index (χ3v) is 5.85. The van der Waals surface area contributed by atoms with E-state index in [-0.39, 0.29) is 23.9 Å². The molecule has 5 unspecified atom stereocenters. The van der Waals surface area contributed by atoms with Crippen LogP contribution < -0.4 is 11.1 Å². The van der Waals surface area contributed by atoms with E-state index < -0.39 is 0 Å². The summed E-state index contributed by atoms with van der Waals surface area (Å²) < 4.78 is 2.06. The Morgan fingerprint density at radius 3 is 2.78 bits per heavy atom. The van der Waals surface area contributed by atoms with Gasteiger partial charge in [0.15, 0.2) is 0 Å². The minimum atomic E-state index is -0.119. The van der Waals surface area contributed by atoms with Gasteiger partial charge >= 0.3 is 0 Å². The lowest BCUT2D eigenvalue weighted by molar-refractivity contribution is -0.127. The van der Waals surface area contributed by atoms with Crippen molar-refractivity contribution in [2.45, 2.75) is 38.3 Å². The van der Waals surface area contributed by atoms with Gasteiger partial charge in [-0.25, -0.2) is 4.98 Å². The van der Waals surface area contributed by atoms with Crippen LogP contribution in [0, 0.1) is 17.8 Å². The van der Waals surface area contributed by atoms with Crippen molar-refractivity contribution in [1.29, 1.82) is 0 Å².